The third-order valence-corrected chi connectivity index (χ3v) is 3.86. The van der Waals surface area contributed by atoms with Crippen LogP contribution in [0.2, 0.25) is 0 Å². The molecule has 0 spiro atoms. The van der Waals surface area contributed by atoms with E-state index in [0.29, 0.717) is 10.2 Å². The van der Waals surface area contributed by atoms with Crippen LogP contribution in [0.5, 0.6) is 0 Å². The summed E-state index contributed by atoms with van der Waals surface area (Å²) in [6.45, 7) is -0.265. The van der Waals surface area contributed by atoms with Gasteiger partial charge in [-0.1, -0.05) is 15.9 Å². The van der Waals surface area contributed by atoms with Gasteiger partial charge >= 0.3 is 11.9 Å². The van der Waals surface area contributed by atoms with Crippen LogP contribution >= 0.6 is 15.9 Å². The number of benzene rings is 1. The van der Waals surface area contributed by atoms with E-state index in [9.17, 15) is 14.0 Å². The minimum absolute atomic E-state index is 0.0417. The van der Waals surface area contributed by atoms with Crippen LogP contribution in [0.4, 0.5) is 15.8 Å². The minimum atomic E-state index is -0.789. The van der Waals surface area contributed by atoms with Crippen LogP contribution in [0.1, 0.15) is 0 Å². The molecule has 7 nitrogen and oxygen atoms in total. The summed E-state index contributed by atoms with van der Waals surface area (Å²) in [6.07, 6.45) is 0. The molecule has 9 heteroatoms. The zero-order chi connectivity index (χ0) is 17.9. The molecule has 0 saturated carbocycles. The average molecular weight is 403 g/mol. The maximum atomic E-state index is 14.6. The highest BCUT2D eigenvalue weighted by molar-refractivity contribution is 9.10. The van der Waals surface area contributed by atoms with Crippen molar-refractivity contribution in [1.29, 1.82) is 0 Å². The summed E-state index contributed by atoms with van der Waals surface area (Å²) in [5.74, 6) is -2.14. The molecule has 1 aromatic carbocycles. The smallest absolute Gasteiger partial charge is 0.355 e. The first-order valence-corrected chi connectivity index (χ1v) is 7.65. The van der Waals surface area contributed by atoms with Crippen molar-refractivity contribution in [1.82, 2.24) is 0 Å². The van der Waals surface area contributed by atoms with E-state index in [2.05, 4.69) is 26.0 Å². The molecule has 0 aromatic heterocycles. The molecule has 1 aromatic rings. The quantitative estimate of drug-likeness (QED) is 0.771. The van der Waals surface area contributed by atoms with Crippen LogP contribution in [-0.4, -0.2) is 46.5 Å². The third kappa shape index (κ3) is 3.36. The molecule has 0 radical (unpaired) electrons. The van der Waals surface area contributed by atoms with Gasteiger partial charge in [0, 0.05) is 11.5 Å². The number of rotatable bonds is 4. The first-order chi connectivity index (χ1) is 11.4. The number of carbonyl (C=O) groups excluding carboxylic acids is 2. The molecule has 1 aliphatic rings. The fourth-order valence-corrected chi connectivity index (χ4v) is 2.78. The molecule has 0 saturated heterocycles. The lowest BCUT2D eigenvalue weighted by atomic mass is 10.1. The first-order valence-electron chi connectivity index (χ1n) is 6.86. The predicted octanol–water partition coefficient (Wildman–Crippen LogP) is 2.02. The van der Waals surface area contributed by atoms with Crippen molar-refractivity contribution in [3.63, 3.8) is 0 Å². The molecule has 1 aliphatic heterocycles. The summed E-state index contributed by atoms with van der Waals surface area (Å²) in [5.41, 5.74) is 0.300. The molecule has 0 unspecified atom stereocenters. The van der Waals surface area contributed by atoms with Gasteiger partial charge in [0.1, 0.15) is 23.9 Å². The number of nitrogens with zero attached hydrogens (tertiary/aromatic N) is 1. The summed E-state index contributed by atoms with van der Waals surface area (Å²) in [4.78, 5) is 25.4. The van der Waals surface area contributed by atoms with Crippen molar-refractivity contribution >= 4 is 39.2 Å². The number of hydrogen-bond donors (Lipinski definition) is 1. The molecule has 0 bridgehead atoms. The summed E-state index contributed by atoms with van der Waals surface area (Å²) < 4.78 is 29.9. The fraction of sp³-hybridized carbons (Fsp3) is 0.333. The second-order valence-electron chi connectivity index (χ2n) is 4.75. The SMILES string of the molecule is CNc1cc(Br)cc(F)c1N1COCC(C(=O)OC)=C1C(=O)OC. The number of carbonyl (C=O) groups is 2. The standard InChI is InChI=1S/C15H16BrFN2O5/c1-18-11-5-8(16)4-10(17)13(11)19-7-24-6-9(14(20)22-2)12(19)15(21)23-3/h4-5,18H,6-7H2,1-3H3. The van der Waals surface area contributed by atoms with Gasteiger partial charge in [-0.05, 0) is 12.1 Å². The van der Waals surface area contributed by atoms with Crippen molar-refractivity contribution in [2.24, 2.45) is 0 Å². The van der Waals surface area contributed by atoms with E-state index in [0.717, 1.165) is 0 Å². The number of hydrogen-bond acceptors (Lipinski definition) is 7. The van der Waals surface area contributed by atoms with Crippen molar-refractivity contribution in [3.8, 4) is 0 Å². The van der Waals surface area contributed by atoms with Crippen LogP contribution in [0, 0.1) is 5.82 Å². The topological polar surface area (TPSA) is 77.1 Å². The van der Waals surface area contributed by atoms with Gasteiger partial charge in [0.15, 0.2) is 0 Å². The van der Waals surface area contributed by atoms with Gasteiger partial charge in [-0.3, -0.25) is 0 Å². The normalized spacial score (nSPS) is 14.5. The van der Waals surface area contributed by atoms with Crippen LogP contribution < -0.4 is 10.2 Å². The number of esters is 2. The molecule has 0 amide bonds. The van der Waals surface area contributed by atoms with E-state index in [-0.39, 0.29) is 30.3 Å². The third-order valence-electron chi connectivity index (χ3n) is 3.40. The lowest BCUT2D eigenvalue weighted by molar-refractivity contribution is -0.140. The second kappa shape index (κ2) is 7.63. The monoisotopic (exact) mass is 402 g/mol. The molecule has 0 aliphatic carbocycles. The van der Waals surface area contributed by atoms with Gasteiger partial charge in [0.25, 0.3) is 0 Å². The Balaban J connectivity index is 2.68. The number of anilines is 2. The van der Waals surface area contributed by atoms with Gasteiger partial charge < -0.3 is 24.4 Å². The number of methoxy groups -OCH3 is 2. The summed E-state index contributed by atoms with van der Waals surface area (Å²) in [7, 11) is 3.97. The van der Waals surface area contributed by atoms with E-state index < -0.39 is 17.8 Å². The number of halogens is 2. The molecule has 24 heavy (non-hydrogen) atoms. The highest BCUT2D eigenvalue weighted by atomic mass is 79.9. The Morgan fingerprint density at radius 1 is 1.29 bits per heavy atom. The fourth-order valence-electron chi connectivity index (χ4n) is 2.35. The molecule has 0 fully saturated rings. The lowest BCUT2D eigenvalue weighted by Gasteiger charge is -2.32. The summed E-state index contributed by atoms with van der Waals surface area (Å²) >= 11 is 3.21. The summed E-state index contributed by atoms with van der Waals surface area (Å²) in [5, 5.41) is 2.85. The summed E-state index contributed by atoms with van der Waals surface area (Å²) in [6, 6.07) is 2.89. The molecule has 2 rings (SSSR count). The highest BCUT2D eigenvalue weighted by Crippen LogP contribution is 2.36. The maximum Gasteiger partial charge on any atom is 0.355 e. The highest BCUT2D eigenvalue weighted by Gasteiger charge is 2.34. The predicted molar refractivity (Wildman–Crippen MR) is 88.0 cm³/mol. The van der Waals surface area contributed by atoms with E-state index in [1.165, 1.54) is 25.2 Å². The van der Waals surface area contributed by atoms with Crippen LogP contribution in [0.15, 0.2) is 27.9 Å². The Kier molecular flexibility index (Phi) is 5.79. The Hall–Kier alpha value is -2.13. The Bertz CT molecular complexity index is 707. The van der Waals surface area contributed by atoms with Crippen molar-refractivity contribution in [2.75, 3.05) is 44.8 Å². The van der Waals surface area contributed by atoms with E-state index in [1.807, 2.05) is 0 Å². The van der Waals surface area contributed by atoms with Crippen LogP contribution in [0.3, 0.4) is 0 Å². The molecule has 1 N–H and O–H groups in total. The van der Waals surface area contributed by atoms with E-state index in [4.69, 9.17) is 9.47 Å². The number of nitrogens with one attached hydrogen (secondary N) is 1. The van der Waals surface area contributed by atoms with Crippen LogP contribution in [0.25, 0.3) is 0 Å². The molecular formula is C15H16BrFN2O5. The van der Waals surface area contributed by atoms with Crippen molar-refractivity contribution < 1.29 is 28.2 Å². The van der Waals surface area contributed by atoms with Crippen LogP contribution in [-0.2, 0) is 23.8 Å². The van der Waals surface area contributed by atoms with Gasteiger partial charge in [-0.15, -0.1) is 0 Å². The molecule has 130 valence electrons. The van der Waals surface area contributed by atoms with Gasteiger partial charge in [0.2, 0.25) is 0 Å². The maximum absolute atomic E-state index is 14.6. The Morgan fingerprint density at radius 2 is 1.96 bits per heavy atom. The van der Waals surface area contributed by atoms with Crippen molar-refractivity contribution in [2.45, 2.75) is 0 Å². The average Bonchev–Trinajstić information content (AvgIpc) is 2.59. The molecule has 0 atom stereocenters. The second-order valence-corrected chi connectivity index (χ2v) is 5.67. The Labute approximate surface area is 146 Å². The first kappa shape index (κ1) is 18.2. The Morgan fingerprint density at radius 3 is 2.54 bits per heavy atom. The zero-order valence-electron chi connectivity index (χ0n) is 13.3. The molecule has 1 heterocycles. The zero-order valence-corrected chi connectivity index (χ0v) is 14.9. The van der Waals surface area contributed by atoms with E-state index >= 15 is 0 Å². The van der Waals surface area contributed by atoms with Crippen molar-refractivity contribution in [3.05, 3.63) is 33.7 Å². The lowest BCUT2D eigenvalue weighted by Crippen LogP contribution is -2.39. The largest absolute Gasteiger partial charge is 0.466 e. The van der Waals surface area contributed by atoms with Gasteiger partial charge in [-0.2, -0.15) is 0 Å². The molecular weight excluding hydrogens is 387 g/mol. The van der Waals surface area contributed by atoms with Gasteiger partial charge in [0.05, 0.1) is 32.1 Å². The van der Waals surface area contributed by atoms with E-state index in [1.54, 1.807) is 13.1 Å². The number of ether oxygens (including phenoxy) is 3. The van der Waals surface area contributed by atoms with Gasteiger partial charge in [-0.25, -0.2) is 14.0 Å². The minimum Gasteiger partial charge on any atom is -0.466 e.